The second-order valence-corrected chi connectivity index (χ2v) is 8.84. The van der Waals surface area contributed by atoms with Crippen molar-refractivity contribution < 1.29 is 4.79 Å². The van der Waals surface area contributed by atoms with Crippen LogP contribution in [0.15, 0.2) is 29.6 Å². The van der Waals surface area contributed by atoms with Crippen LogP contribution in [0.3, 0.4) is 0 Å². The zero-order valence-corrected chi connectivity index (χ0v) is 19.2. The van der Waals surface area contributed by atoms with E-state index in [2.05, 4.69) is 24.8 Å². The van der Waals surface area contributed by atoms with Crippen LogP contribution >= 0.6 is 0 Å². The average Bonchev–Trinajstić information content (AvgIpc) is 3.60. The summed E-state index contributed by atoms with van der Waals surface area (Å²) < 4.78 is 3.36. The maximum absolute atomic E-state index is 12.8. The van der Waals surface area contributed by atoms with Gasteiger partial charge in [0, 0.05) is 49.9 Å². The molecule has 0 N–H and O–H groups in total. The molecule has 0 bridgehead atoms. The van der Waals surface area contributed by atoms with Crippen LogP contribution in [0.25, 0.3) is 5.82 Å². The molecule has 5 rings (SSSR count). The smallest absolute Gasteiger partial charge is 0.254 e. The summed E-state index contributed by atoms with van der Waals surface area (Å²) >= 11 is 0. The highest BCUT2D eigenvalue weighted by atomic mass is 16.2. The summed E-state index contributed by atoms with van der Waals surface area (Å²) in [4.78, 5) is 47.1. The summed E-state index contributed by atoms with van der Waals surface area (Å²) in [5.74, 6) is 2.67. The number of anilines is 1. The summed E-state index contributed by atoms with van der Waals surface area (Å²) in [5.41, 5.74) is 2.70. The van der Waals surface area contributed by atoms with Gasteiger partial charge in [0.25, 0.3) is 5.56 Å². The van der Waals surface area contributed by atoms with E-state index in [1.165, 1.54) is 10.9 Å². The lowest BCUT2D eigenvalue weighted by atomic mass is 10.3. The number of carbonyl (C=O) groups is 1. The Balaban J connectivity index is 1.24. The lowest BCUT2D eigenvalue weighted by Crippen LogP contribution is -2.50. The molecular weight excluding hydrogens is 420 g/mol. The first-order valence-corrected chi connectivity index (χ1v) is 11.3. The highest BCUT2D eigenvalue weighted by Crippen LogP contribution is 2.38. The minimum atomic E-state index is -0.159. The minimum Gasteiger partial charge on any atom is -0.353 e. The lowest BCUT2D eigenvalue weighted by Gasteiger charge is -2.35. The van der Waals surface area contributed by atoms with E-state index in [0.29, 0.717) is 37.9 Å². The molecule has 1 saturated carbocycles. The Morgan fingerprint density at radius 2 is 1.70 bits per heavy atom. The molecule has 0 radical (unpaired) electrons. The standard InChI is InChI=1S/C23H28N8O2/c1-15-16(2)31(14-24-15)21-11-20(26-17(3)27-21)28-6-8-29(9-7-28)23(33)12-30-13-25-19(10-22(30)32)18-4-5-18/h10-11,13-14,18H,4-9,12H2,1-3H3. The molecular formula is C23H28N8O2. The molecule has 3 aromatic rings. The highest BCUT2D eigenvalue weighted by Gasteiger charge is 2.26. The maximum Gasteiger partial charge on any atom is 0.254 e. The largest absolute Gasteiger partial charge is 0.353 e. The van der Waals surface area contributed by atoms with Gasteiger partial charge in [0.05, 0.1) is 17.7 Å². The van der Waals surface area contributed by atoms with Crippen molar-refractivity contribution in [3.63, 3.8) is 0 Å². The normalized spacial score (nSPS) is 16.3. The Labute approximate surface area is 191 Å². The van der Waals surface area contributed by atoms with Gasteiger partial charge in [0.2, 0.25) is 5.91 Å². The molecule has 4 heterocycles. The number of imidazole rings is 1. The molecule has 1 saturated heterocycles. The van der Waals surface area contributed by atoms with Gasteiger partial charge in [-0.2, -0.15) is 0 Å². The monoisotopic (exact) mass is 448 g/mol. The van der Waals surface area contributed by atoms with E-state index >= 15 is 0 Å². The molecule has 2 aliphatic rings. The van der Waals surface area contributed by atoms with E-state index < -0.39 is 0 Å². The van der Waals surface area contributed by atoms with Gasteiger partial charge < -0.3 is 9.80 Å². The number of rotatable bonds is 5. The van der Waals surface area contributed by atoms with Crippen molar-refractivity contribution >= 4 is 11.7 Å². The summed E-state index contributed by atoms with van der Waals surface area (Å²) in [7, 11) is 0. The topological polar surface area (TPSA) is 102 Å². The first-order chi connectivity index (χ1) is 15.9. The number of hydrogen-bond acceptors (Lipinski definition) is 7. The summed E-state index contributed by atoms with van der Waals surface area (Å²) in [5, 5.41) is 0. The third kappa shape index (κ3) is 4.37. The van der Waals surface area contributed by atoms with E-state index in [9.17, 15) is 9.59 Å². The van der Waals surface area contributed by atoms with Crippen LogP contribution in [-0.2, 0) is 11.3 Å². The van der Waals surface area contributed by atoms with E-state index in [0.717, 1.165) is 41.6 Å². The lowest BCUT2D eigenvalue weighted by molar-refractivity contribution is -0.132. The molecule has 2 fully saturated rings. The highest BCUT2D eigenvalue weighted by molar-refractivity contribution is 5.76. The van der Waals surface area contributed by atoms with Crippen molar-refractivity contribution in [2.24, 2.45) is 0 Å². The van der Waals surface area contributed by atoms with Gasteiger partial charge in [0.15, 0.2) is 0 Å². The number of aryl methyl sites for hydroxylation is 2. The van der Waals surface area contributed by atoms with Crippen LogP contribution in [0, 0.1) is 20.8 Å². The first kappa shape index (κ1) is 21.3. The second kappa shape index (κ2) is 8.42. The van der Waals surface area contributed by atoms with Gasteiger partial charge in [-0.15, -0.1) is 0 Å². The Kier molecular flexibility index (Phi) is 5.43. The fourth-order valence-corrected chi connectivity index (χ4v) is 4.14. The van der Waals surface area contributed by atoms with Gasteiger partial charge >= 0.3 is 0 Å². The molecule has 0 atom stereocenters. The van der Waals surface area contributed by atoms with Crippen molar-refractivity contribution in [1.29, 1.82) is 0 Å². The van der Waals surface area contributed by atoms with Crippen LogP contribution in [0.5, 0.6) is 0 Å². The number of nitrogens with zero attached hydrogens (tertiary/aromatic N) is 8. The number of hydrogen-bond donors (Lipinski definition) is 0. The maximum atomic E-state index is 12.8. The predicted molar refractivity (Wildman–Crippen MR) is 123 cm³/mol. The van der Waals surface area contributed by atoms with Gasteiger partial charge in [-0.05, 0) is 33.6 Å². The zero-order chi connectivity index (χ0) is 23.1. The molecule has 0 unspecified atom stereocenters. The molecule has 0 aromatic carbocycles. The molecule has 33 heavy (non-hydrogen) atoms. The molecule has 1 amide bonds. The summed E-state index contributed by atoms with van der Waals surface area (Å²) in [6.07, 6.45) is 5.47. The van der Waals surface area contributed by atoms with E-state index in [1.807, 2.05) is 31.4 Å². The Hall–Kier alpha value is -3.56. The molecule has 10 nitrogen and oxygen atoms in total. The number of carbonyl (C=O) groups excluding carboxylic acids is 1. The van der Waals surface area contributed by atoms with E-state index in [1.54, 1.807) is 17.3 Å². The number of amides is 1. The van der Waals surface area contributed by atoms with Crippen LogP contribution in [0.1, 0.15) is 41.7 Å². The van der Waals surface area contributed by atoms with Crippen molar-refractivity contribution in [2.45, 2.75) is 46.1 Å². The number of aromatic nitrogens is 6. The Morgan fingerprint density at radius 1 is 0.970 bits per heavy atom. The first-order valence-electron chi connectivity index (χ1n) is 11.3. The fourth-order valence-electron chi connectivity index (χ4n) is 4.14. The van der Waals surface area contributed by atoms with Gasteiger partial charge in [-0.1, -0.05) is 0 Å². The van der Waals surface area contributed by atoms with Crippen molar-refractivity contribution in [2.75, 3.05) is 31.1 Å². The van der Waals surface area contributed by atoms with Crippen LogP contribution in [0.2, 0.25) is 0 Å². The van der Waals surface area contributed by atoms with Crippen molar-refractivity contribution in [1.82, 2.24) is 34.0 Å². The molecule has 3 aromatic heterocycles. The van der Waals surface area contributed by atoms with E-state index in [-0.39, 0.29) is 18.0 Å². The summed E-state index contributed by atoms with van der Waals surface area (Å²) in [6.45, 7) is 8.37. The van der Waals surface area contributed by atoms with Crippen molar-refractivity contribution in [3.8, 4) is 5.82 Å². The molecule has 1 aliphatic carbocycles. The molecule has 10 heteroatoms. The Morgan fingerprint density at radius 3 is 2.33 bits per heavy atom. The van der Waals surface area contributed by atoms with Crippen molar-refractivity contribution in [3.05, 3.63) is 58.0 Å². The van der Waals surface area contributed by atoms with Crippen LogP contribution in [-0.4, -0.2) is 66.1 Å². The van der Waals surface area contributed by atoms with E-state index in [4.69, 9.17) is 0 Å². The second-order valence-electron chi connectivity index (χ2n) is 8.84. The van der Waals surface area contributed by atoms with Gasteiger partial charge in [-0.25, -0.2) is 19.9 Å². The number of piperazine rings is 1. The third-order valence-corrected chi connectivity index (χ3v) is 6.47. The summed E-state index contributed by atoms with van der Waals surface area (Å²) in [6, 6.07) is 3.53. The van der Waals surface area contributed by atoms with Crippen LogP contribution < -0.4 is 10.5 Å². The minimum absolute atomic E-state index is 0.0206. The van der Waals surface area contributed by atoms with Crippen LogP contribution in [0.4, 0.5) is 5.82 Å². The molecule has 1 aliphatic heterocycles. The quantitative estimate of drug-likeness (QED) is 0.581. The molecule has 0 spiro atoms. The average molecular weight is 449 g/mol. The Bertz CT molecular complexity index is 1250. The fraction of sp³-hybridized carbons (Fsp3) is 0.478. The predicted octanol–water partition coefficient (Wildman–Crippen LogP) is 1.37. The molecule has 172 valence electrons. The zero-order valence-electron chi connectivity index (χ0n) is 19.2. The third-order valence-electron chi connectivity index (χ3n) is 6.47. The van der Waals surface area contributed by atoms with Gasteiger partial charge in [0.1, 0.15) is 30.3 Å². The SMILES string of the molecule is Cc1nc(N2CCN(C(=O)Cn3cnc(C4CC4)cc3=O)CC2)cc(-n2cnc(C)c2C)n1. The van der Waals surface area contributed by atoms with Gasteiger partial charge in [-0.3, -0.25) is 18.7 Å².